The summed E-state index contributed by atoms with van der Waals surface area (Å²) < 4.78 is 6.51. The predicted octanol–water partition coefficient (Wildman–Crippen LogP) is 1.34. The standard InChI is InChI=1S/C30H42N2O4S.Li/c1-4-5-10-28(23-13-16-31-17-14-23)36-20-22-11-12-25(26(19-22)24-9-7-6-8-21(24)2)29(33)32-27(30(34)35)15-18-37-3;/h6-9,11-12,19,23,27-28,31H,4-5,10,13-18,20H2,1-3H3,(H,32,33)(H,34,35);/q;+1/p-1/t27-,28?;/m0./s1. The van der Waals surface area contributed by atoms with Gasteiger partial charge in [0.15, 0.2) is 0 Å². The molecule has 2 aromatic rings. The monoisotopic (exact) mass is 532 g/mol. The fourth-order valence-electron chi connectivity index (χ4n) is 4.98. The second-order valence-electron chi connectivity index (χ2n) is 9.90. The number of carbonyl (C=O) groups is 2. The zero-order chi connectivity index (χ0) is 26.6. The summed E-state index contributed by atoms with van der Waals surface area (Å²) >= 11 is 1.54. The number of rotatable bonds is 14. The smallest absolute Gasteiger partial charge is 0.548 e. The summed E-state index contributed by atoms with van der Waals surface area (Å²) in [4.78, 5) is 24.9. The molecule has 202 valence electrons. The first-order chi connectivity index (χ1) is 17.9. The van der Waals surface area contributed by atoms with Crippen molar-refractivity contribution in [2.45, 2.75) is 71.1 Å². The number of aryl methyl sites for hydroxylation is 1. The number of ether oxygens (including phenoxy) is 1. The van der Waals surface area contributed by atoms with Gasteiger partial charge in [0, 0.05) is 5.56 Å². The molecule has 2 N–H and O–H groups in total. The number of nitrogens with one attached hydrogen (secondary N) is 2. The number of thioether (sulfide) groups is 1. The van der Waals surface area contributed by atoms with Crippen LogP contribution in [0.2, 0.25) is 0 Å². The molecule has 8 heteroatoms. The predicted molar refractivity (Wildman–Crippen MR) is 150 cm³/mol. The maximum Gasteiger partial charge on any atom is 1.00 e. The average Bonchev–Trinajstić information content (AvgIpc) is 2.91. The number of benzene rings is 2. The summed E-state index contributed by atoms with van der Waals surface area (Å²) in [5.41, 5.74) is 4.23. The van der Waals surface area contributed by atoms with E-state index in [0.29, 0.717) is 30.3 Å². The molecule has 1 aliphatic rings. The molecule has 1 amide bonds. The Kier molecular flexibility index (Phi) is 14.6. The summed E-state index contributed by atoms with van der Waals surface area (Å²) in [5.74, 6) is -0.482. The molecule has 3 rings (SSSR count). The number of amides is 1. The van der Waals surface area contributed by atoms with Gasteiger partial charge in [-0.3, -0.25) is 4.79 Å². The van der Waals surface area contributed by atoms with Crippen molar-refractivity contribution in [2.75, 3.05) is 25.1 Å². The van der Waals surface area contributed by atoms with Crippen LogP contribution in [0.3, 0.4) is 0 Å². The molecule has 0 aromatic heterocycles. The number of unbranched alkanes of at least 4 members (excludes halogenated alkanes) is 1. The fraction of sp³-hybridized carbons (Fsp3) is 0.533. The summed E-state index contributed by atoms with van der Waals surface area (Å²) in [6.07, 6.45) is 8.09. The van der Waals surface area contributed by atoms with Crippen LogP contribution in [0.5, 0.6) is 0 Å². The van der Waals surface area contributed by atoms with Crippen molar-refractivity contribution in [1.82, 2.24) is 10.6 Å². The zero-order valence-corrected chi connectivity index (χ0v) is 24.2. The molecule has 0 aliphatic carbocycles. The molecule has 38 heavy (non-hydrogen) atoms. The van der Waals surface area contributed by atoms with Crippen molar-refractivity contribution < 1.29 is 38.3 Å². The third-order valence-electron chi connectivity index (χ3n) is 7.18. The van der Waals surface area contributed by atoms with Crippen LogP contribution >= 0.6 is 11.8 Å². The molecule has 2 atom stereocenters. The van der Waals surface area contributed by atoms with Gasteiger partial charge in [-0.15, -0.1) is 0 Å². The number of hydrogen-bond donors (Lipinski definition) is 2. The Bertz CT molecular complexity index is 1030. The maximum absolute atomic E-state index is 13.3. The molecular weight excluding hydrogens is 491 g/mol. The van der Waals surface area contributed by atoms with Gasteiger partial charge in [-0.2, -0.15) is 11.8 Å². The number of hydrogen-bond acceptors (Lipinski definition) is 6. The van der Waals surface area contributed by atoms with Gasteiger partial charge >= 0.3 is 18.9 Å². The molecule has 0 bridgehead atoms. The van der Waals surface area contributed by atoms with E-state index in [2.05, 4.69) is 17.6 Å². The second-order valence-corrected chi connectivity index (χ2v) is 10.9. The van der Waals surface area contributed by atoms with Gasteiger partial charge in [-0.05, 0) is 98.0 Å². The Morgan fingerprint density at radius 2 is 1.87 bits per heavy atom. The zero-order valence-electron chi connectivity index (χ0n) is 23.4. The van der Waals surface area contributed by atoms with Crippen molar-refractivity contribution in [2.24, 2.45) is 5.92 Å². The van der Waals surface area contributed by atoms with Crippen LogP contribution < -0.4 is 34.6 Å². The quantitative estimate of drug-likeness (QED) is 0.357. The van der Waals surface area contributed by atoms with Crippen molar-refractivity contribution in [1.29, 1.82) is 0 Å². The van der Waals surface area contributed by atoms with Crippen LogP contribution in [0.1, 0.15) is 66.9 Å². The van der Waals surface area contributed by atoms with Crippen molar-refractivity contribution in [3.8, 4) is 11.1 Å². The van der Waals surface area contributed by atoms with Crippen LogP contribution in [0.25, 0.3) is 11.1 Å². The van der Waals surface area contributed by atoms with Crippen LogP contribution in [-0.2, 0) is 16.1 Å². The number of carbonyl (C=O) groups excluding carboxylic acids is 2. The molecule has 0 radical (unpaired) electrons. The Morgan fingerprint density at radius 3 is 2.53 bits per heavy atom. The first-order valence-electron chi connectivity index (χ1n) is 13.5. The summed E-state index contributed by atoms with van der Waals surface area (Å²) in [6.45, 7) is 6.79. The summed E-state index contributed by atoms with van der Waals surface area (Å²) in [7, 11) is 0. The average molecular weight is 533 g/mol. The first kappa shape index (κ1) is 32.5. The van der Waals surface area contributed by atoms with E-state index in [9.17, 15) is 14.7 Å². The van der Waals surface area contributed by atoms with Gasteiger partial charge in [-0.25, -0.2) is 0 Å². The minimum absolute atomic E-state index is 0. The Morgan fingerprint density at radius 1 is 1.13 bits per heavy atom. The van der Waals surface area contributed by atoms with Gasteiger partial charge in [0.25, 0.3) is 5.91 Å². The van der Waals surface area contributed by atoms with Crippen LogP contribution in [0, 0.1) is 12.8 Å². The molecule has 1 fully saturated rings. The minimum Gasteiger partial charge on any atom is -0.548 e. The van der Waals surface area contributed by atoms with Crippen LogP contribution in [0.15, 0.2) is 42.5 Å². The Labute approximate surface area is 244 Å². The maximum atomic E-state index is 13.3. The van der Waals surface area contributed by atoms with E-state index < -0.39 is 17.9 Å². The Hall–Kier alpha value is -1.75. The first-order valence-corrected chi connectivity index (χ1v) is 14.9. The number of carboxylic acids is 1. The van der Waals surface area contributed by atoms with E-state index in [0.717, 1.165) is 67.4 Å². The van der Waals surface area contributed by atoms with Crippen molar-refractivity contribution in [3.63, 3.8) is 0 Å². The molecule has 1 heterocycles. The van der Waals surface area contributed by atoms with E-state index in [1.54, 1.807) is 6.07 Å². The summed E-state index contributed by atoms with van der Waals surface area (Å²) in [6, 6.07) is 12.6. The van der Waals surface area contributed by atoms with Gasteiger partial charge in [0.1, 0.15) is 0 Å². The van der Waals surface area contributed by atoms with E-state index in [1.165, 1.54) is 11.8 Å². The van der Waals surface area contributed by atoms with E-state index in [4.69, 9.17) is 4.74 Å². The number of carboxylic acid groups (broad SMARTS) is 1. The third-order valence-corrected chi connectivity index (χ3v) is 7.82. The molecule has 1 aliphatic heterocycles. The third kappa shape index (κ3) is 9.46. The van der Waals surface area contributed by atoms with Gasteiger partial charge in [-0.1, -0.05) is 50.1 Å². The van der Waals surface area contributed by atoms with E-state index >= 15 is 0 Å². The van der Waals surface area contributed by atoms with Gasteiger partial charge < -0.3 is 25.3 Å². The number of piperidine rings is 1. The summed E-state index contributed by atoms with van der Waals surface area (Å²) in [5, 5.41) is 17.8. The molecule has 6 nitrogen and oxygen atoms in total. The van der Waals surface area contributed by atoms with Crippen LogP contribution in [-0.4, -0.2) is 49.1 Å². The second kappa shape index (κ2) is 17.0. The molecule has 1 saturated heterocycles. The van der Waals surface area contributed by atoms with Gasteiger partial charge in [0.05, 0.1) is 24.7 Å². The van der Waals surface area contributed by atoms with E-state index in [1.807, 2.05) is 49.6 Å². The SMILES string of the molecule is CCCCC(OCc1ccc(C(=O)N[C@@H](CCSC)C(=O)[O-])c(-c2ccccc2C)c1)C1CCNCC1.[Li+]. The largest absolute Gasteiger partial charge is 1.00 e. The minimum atomic E-state index is -1.26. The molecule has 0 saturated carbocycles. The molecule has 0 spiro atoms. The Balaban J connectivity index is 0.00000507. The number of aliphatic carboxylic acids is 1. The fourth-order valence-corrected chi connectivity index (χ4v) is 5.45. The van der Waals surface area contributed by atoms with Crippen molar-refractivity contribution >= 4 is 23.6 Å². The van der Waals surface area contributed by atoms with E-state index in [-0.39, 0.29) is 25.0 Å². The molecular formula is C30H41LiN2O4S. The molecule has 1 unspecified atom stereocenters. The van der Waals surface area contributed by atoms with Crippen molar-refractivity contribution in [3.05, 3.63) is 59.2 Å². The topological polar surface area (TPSA) is 90.5 Å². The van der Waals surface area contributed by atoms with Crippen LogP contribution in [0.4, 0.5) is 0 Å². The van der Waals surface area contributed by atoms with Gasteiger partial charge in [0.2, 0.25) is 0 Å². The normalized spacial score (nSPS) is 15.3. The molecule has 2 aromatic carbocycles.